The van der Waals surface area contributed by atoms with Crippen molar-refractivity contribution in [3.63, 3.8) is 0 Å². The molecule has 0 radical (unpaired) electrons. The summed E-state index contributed by atoms with van der Waals surface area (Å²) >= 11 is 1.48. The predicted octanol–water partition coefficient (Wildman–Crippen LogP) is 4.48. The van der Waals surface area contributed by atoms with Crippen LogP contribution in [0.5, 0.6) is 5.75 Å². The van der Waals surface area contributed by atoms with Crippen molar-refractivity contribution < 1.29 is 22.3 Å². The summed E-state index contributed by atoms with van der Waals surface area (Å²) in [6.07, 6.45) is -2.85. The van der Waals surface area contributed by atoms with Crippen molar-refractivity contribution in [3.05, 3.63) is 53.0 Å². The van der Waals surface area contributed by atoms with Gasteiger partial charge in [0.2, 0.25) is 0 Å². The lowest BCUT2D eigenvalue weighted by molar-refractivity contribution is -0.274. The smallest absolute Gasteiger partial charge is 0.408 e. The predicted molar refractivity (Wildman–Crippen MR) is 86.1 cm³/mol. The summed E-state index contributed by atoms with van der Waals surface area (Å²) in [7, 11) is 0. The van der Waals surface area contributed by atoms with Gasteiger partial charge in [0, 0.05) is 0 Å². The van der Waals surface area contributed by atoms with Gasteiger partial charge in [0.25, 0.3) is 0 Å². The van der Waals surface area contributed by atoms with Gasteiger partial charge in [-0.15, -0.1) is 24.9 Å². The van der Waals surface area contributed by atoms with Crippen molar-refractivity contribution in [1.29, 1.82) is 0 Å². The van der Waals surface area contributed by atoms with Crippen LogP contribution >= 0.6 is 11.8 Å². The zero-order valence-corrected chi connectivity index (χ0v) is 13.3. The number of thioether (sulfide) groups is 1. The molecule has 4 nitrogen and oxygen atoms in total. The number of hydrogen-bond acceptors (Lipinski definition) is 4. The quantitative estimate of drug-likeness (QED) is 0.692. The Labute approximate surface area is 138 Å². The molecule has 0 unspecified atom stereocenters. The zero-order valence-electron chi connectivity index (χ0n) is 12.5. The molecule has 0 saturated carbocycles. The number of aromatic nitrogens is 1. The third-order valence-corrected chi connectivity index (χ3v) is 3.86. The molecule has 0 amide bonds. The minimum atomic E-state index is -4.72. The third-order valence-electron chi connectivity index (χ3n) is 3.35. The van der Waals surface area contributed by atoms with E-state index in [0.717, 1.165) is 5.56 Å². The van der Waals surface area contributed by atoms with E-state index in [1.165, 1.54) is 40.6 Å². The Morgan fingerprint density at radius 2 is 1.79 bits per heavy atom. The lowest BCUT2D eigenvalue weighted by Crippen LogP contribution is -2.16. The van der Waals surface area contributed by atoms with Crippen molar-refractivity contribution >= 4 is 22.9 Å². The Morgan fingerprint density at radius 3 is 2.42 bits per heavy atom. The highest BCUT2D eigenvalue weighted by molar-refractivity contribution is 7.97. The standard InChI is InChI=1S/C16H12F3NO3S/c1-24-9-20-13-8-11(4-7-14(13)22-15(20)21)10-2-5-12(6-3-10)23-16(17,18)19/h2-8H,9H2,1H3. The maximum atomic E-state index is 12.2. The number of alkyl halides is 3. The van der Waals surface area contributed by atoms with Gasteiger partial charge in [0.05, 0.1) is 11.4 Å². The fourth-order valence-corrected chi connectivity index (χ4v) is 2.84. The summed E-state index contributed by atoms with van der Waals surface area (Å²) in [5, 5.41) is 0. The monoisotopic (exact) mass is 355 g/mol. The van der Waals surface area contributed by atoms with Crippen LogP contribution in [0.4, 0.5) is 13.2 Å². The minimum Gasteiger partial charge on any atom is -0.408 e. The minimum absolute atomic E-state index is 0.282. The number of hydrogen-bond donors (Lipinski definition) is 0. The first-order valence-corrected chi connectivity index (χ1v) is 8.25. The number of ether oxygens (including phenoxy) is 1. The highest BCUT2D eigenvalue weighted by Crippen LogP contribution is 2.28. The number of nitrogens with zero attached hydrogens (tertiary/aromatic N) is 1. The van der Waals surface area contributed by atoms with Gasteiger partial charge in [-0.25, -0.2) is 4.79 Å². The SMILES string of the molecule is CSCn1c(=O)oc2ccc(-c3ccc(OC(F)(F)F)cc3)cc21. The maximum Gasteiger partial charge on any atom is 0.573 e. The second-order valence-electron chi connectivity index (χ2n) is 4.97. The molecule has 0 spiro atoms. The molecule has 0 fully saturated rings. The average Bonchev–Trinajstić information content (AvgIpc) is 2.82. The van der Waals surface area contributed by atoms with Gasteiger partial charge in [0.1, 0.15) is 5.75 Å². The van der Waals surface area contributed by atoms with E-state index in [1.54, 1.807) is 18.2 Å². The molecule has 0 aliphatic rings. The fraction of sp³-hybridized carbons (Fsp3) is 0.188. The van der Waals surface area contributed by atoms with E-state index in [1.807, 2.05) is 6.26 Å². The summed E-state index contributed by atoms with van der Waals surface area (Å²) in [5.41, 5.74) is 2.57. The summed E-state index contributed by atoms with van der Waals surface area (Å²) in [6.45, 7) is 0. The van der Waals surface area contributed by atoms with Crippen LogP contribution in [-0.2, 0) is 5.88 Å². The molecule has 126 valence electrons. The summed E-state index contributed by atoms with van der Waals surface area (Å²) in [5.74, 6) is -0.270. The number of halogens is 3. The largest absolute Gasteiger partial charge is 0.573 e. The summed E-state index contributed by atoms with van der Waals surface area (Å²) in [6, 6.07) is 10.7. The molecule has 0 aliphatic carbocycles. The van der Waals surface area contributed by atoms with Gasteiger partial charge in [-0.3, -0.25) is 4.57 Å². The third kappa shape index (κ3) is 3.43. The Hall–Kier alpha value is -2.35. The van der Waals surface area contributed by atoms with E-state index in [0.29, 0.717) is 22.5 Å². The molecule has 3 rings (SSSR count). The molecule has 3 aromatic rings. The second-order valence-corrected chi connectivity index (χ2v) is 5.80. The van der Waals surface area contributed by atoms with Crippen LogP contribution < -0.4 is 10.5 Å². The normalized spacial score (nSPS) is 11.8. The van der Waals surface area contributed by atoms with Crippen LogP contribution in [0.1, 0.15) is 0 Å². The van der Waals surface area contributed by atoms with E-state index in [-0.39, 0.29) is 5.75 Å². The topological polar surface area (TPSA) is 44.4 Å². The van der Waals surface area contributed by atoms with E-state index < -0.39 is 12.1 Å². The Kier molecular flexibility index (Phi) is 4.31. The van der Waals surface area contributed by atoms with Gasteiger partial charge in [-0.05, 0) is 41.6 Å². The number of fused-ring (bicyclic) bond motifs is 1. The Bertz CT molecular complexity index is 913. The van der Waals surface area contributed by atoms with E-state index >= 15 is 0 Å². The molecule has 1 heterocycles. The van der Waals surface area contributed by atoms with E-state index in [4.69, 9.17) is 4.42 Å². The lowest BCUT2D eigenvalue weighted by Gasteiger charge is -2.09. The molecule has 0 bridgehead atoms. The molecule has 1 aromatic heterocycles. The van der Waals surface area contributed by atoms with Gasteiger partial charge < -0.3 is 9.15 Å². The molecule has 8 heteroatoms. The lowest BCUT2D eigenvalue weighted by atomic mass is 10.1. The van der Waals surface area contributed by atoms with Gasteiger partial charge in [-0.2, -0.15) is 0 Å². The zero-order chi connectivity index (χ0) is 17.3. The van der Waals surface area contributed by atoms with Crippen LogP contribution in [0.25, 0.3) is 22.2 Å². The summed E-state index contributed by atoms with van der Waals surface area (Å²) < 4.78 is 47.1. The van der Waals surface area contributed by atoms with Crippen molar-refractivity contribution in [2.75, 3.05) is 6.26 Å². The van der Waals surface area contributed by atoms with E-state index in [9.17, 15) is 18.0 Å². The van der Waals surface area contributed by atoms with Gasteiger partial charge >= 0.3 is 12.1 Å². The van der Waals surface area contributed by atoms with Gasteiger partial charge in [-0.1, -0.05) is 18.2 Å². The first-order chi connectivity index (χ1) is 11.4. The molecule has 0 saturated heterocycles. The highest BCUT2D eigenvalue weighted by atomic mass is 32.2. The molecular formula is C16H12F3NO3S. The van der Waals surface area contributed by atoms with Crippen molar-refractivity contribution in [2.24, 2.45) is 0 Å². The van der Waals surface area contributed by atoms with Crippen molar-refractivity contribution in [3.8, 4) is 16.9 Å². The van der Waals surface area contributed by atoms with Crippen LogP contribution in [0.2, 0.25) is 0 Å². The van der Waals surface area contributed by atoms with Crippen LogP contribution in [0.3, 0.4) is 0 Å². The number of rotatable bonds is 4. The molecule has 0 atom stereocenters. The Morgan fingerprint density at radius 1 is 1.12 bits per heavy atom. The molecule has 2 aromatic carbocycles. The molecular weight excluding hydrogens is 343 g/mol. The number of oxazole rings is 1. The Balaban J connectivity index is 1.97. The van der Waals surface area contributed by atoms with E-state index in [2.05, 4.69) is 4.74 Å². The van der Waals surface area contributed by atoms with Crippen LogP contribution in [-0.4, -0.2) is 17.2 Å². The highest BCUT2D eigenvalue weighted by Gasteiger charge is 2.30. The molecule has 0 N–H and O–H groups in total. The van der Waals surface area contributed by atoms with Gasteiger partial charge in [0.15, 0.2) is 5.58 Å². The first-order valence-electron chi connectivity index (χ1n) is 6.86. The van der Waals surface area contributed by atoms with Crippen molar-refractivity contribution in [1.82, 2.24) is 4.57 Å². The van der Waals surface area contributed by atoms with Crippen LogP contribution in [0.15, 0.2) is 51.7 Å². The summed E-state index contributed by atoms with van der Waals surface area (Å²) in [4.78, 5) is 11.8. The molecule has 24 heavy (non-hydrogen) atoms. The number of benzene rings is 2. The van der Waals surface area contributed by atoms with Crippen LogP contribution in [0, 0.1) is 0 Å². The maximum absolute atomic E-state index is 12.2. The fourth-order valence-electron chi connectivity index (χ4n) is 2.34. The first kappa shape index (κ1) is 16.5. The average molecular weight is 355 g/mol. The van der Waals surface area contributed by atoms with Crippen molar-refractivity contribution in [2.45, 2.75) is 12.2 Å². The second kappa shape index (κ2) is 6.27. The molecule has 0 aliphatic heterocycles.